The van der Waals surface area contributed by atoms with Crippen molar-refractivity contribution < 1.29 is 18.7 Å². The topological polar surface area (TPSA) is 102 Å². The molecule has 4 aromatic rings. The lowest BCUT2D eigenvalue weighted by molar-refractivity contribution is -0.143. The number of amides is 2. The van der Waals surface area contributed by atoms with E-state index in [0.29, 0.717) is 29.5 Å². The zero-order valence-corrected chi connectivity index (χ0v) is 20.8. The van der Waals surface area contributed by atoms with Gasteiger partial charge in [-0.05, 0) is 54.3 Å². The molecule has 2 heterocycles. The van der Waals surface area contributed by atoms with Gasteiger partial charge in [0.1, 0.15) is 23.6 Å². The highest BCUT2D eigenvalue weighted by Gasteiger charge is 2.34. The van der Waals surface area contributed by atoms with Crippen molar-refractivity contribution in [2.45, 2.75) is 39.4 Å². The SMILES string of the molecule is COc1ccc(CN(C(=O)Cn2nnc3ccccc32)[C@@H](C(=O)NCCC(C)C)c2ccco2)cc1. The Morgan fingerprint density at radius 1 is 1.08 bits per heavy atom. The molecule has 9 heteroatoms. The fraction of sp³-hybridized carbons (Fsp3) is 0.333. The van der Waals surface area contributed by atoms with Crippen LogP contribution >= 0.6 is 0 Å². The van der Waals surface area contributed by atoms with Gasteiger partial charge in [-0.25, -0.2) is 4.68 Å². The molecule has 9 nitrogen and oxygen atoms in total. The summed E-state index contributed by atoms with van der Waals surface area (Å²) in [6.07, 6.45) is 2.33. The van der Waals surface area contributed by atoms with Crippen LogP contribution in [0.15, 0.2) is 71.3 Å². The second-order valence-corrected chi connectivity index (χ2v) is 9.00. The summed E-state index contributed by atoms with van der Waals surface area (Å²) < 4.78 is 12.5. The predicted molar refractivity (Wildman–Crippen MR) is 135 cm³/mol. The van der Waals surface area contributed by atoms with E-state index in [4.69, 9.17) is 9.15 Å². The van der Waals surface area contributed by atoms with Gasteiger partial charge in [0.2, 0.25) is 5.91 Å². The normalized spacial score (nSPS) is 12.0. The number of carbonyl (C=O) groups excluding carboxylic acids is 2. The molecule has 0 bridgehead atoms. The van der Waals surface area contributed by atoms with Crippen LogP contribution in [-0.4, -0.2) is 45.4 Å². The van der Waals surface area contributed by atoms with Gasteiger partial charge < -0.3 is 19.4 Å². The third kappa shape index (κ3) is 5.91. The molecular weight excluding hydrogens is 458 g/mol. The van der Waals surface area contributed by atoms with Gasteiger partial charge in [0, 0.05) is 13.1 Å². The Bertz CT molecular complexity index is 1280. The maximum atomic E-state index is 13.8. The van der Waals surface area contributed by atoms with Gasteiger partial charge >= 0.3 is 0 Å². The minimum absolute atomic E-state index is 0.0762. The van der Waals surface area contributed by atoms with Crippen LogP contribution < -0.4 is 10.1 Å². The first-order valence-electron chi connectivity index (χ1n) is 12.0. The number of para-hydroxylation sites is 1. The molecule has 0 aliphatic heterocycles. The number of aromatic nitrogens is 3. The third-order valence-corrected chi connectivity index (χ3v) is 5.93. The van der Waals surface area contributed by atoms with E-state index in [-0.39, 0.29) is 24.9 Å². The number of fused-ring (bicyclic) bond motifs is 1. The van der Waals surface area contributed by atoms with Gasteiger partial charge in [-0.15, -0.1) is 5.10 Å². The number of carbonyl (C=O) groups is 2. The number of ether oxygens (including phenoxy) is 1. The quantitative estimate of drug-likeness (QED) is 0.342. The predicted octanol–water partition coefficient (Wildman–Crippen LogP) is 3.97. The van der Waals surface area contributed by atoms with E-state index in [0.717, 1.165) is 17.5 Å². The summed E-state index contributed by atoms with van der Waals surface area (Å²) in [5.74, 6) is 0.949. The first kappa shape index (κ1) is 25.0. The second-order valence-electron chi connectivity index (χ2n) is 9.00. The van der Waals surface area contributed by atoms with E-state index < -0.39 is 6.04 Å². The van der Waals surface area contributed by atoms with Crippen LogP contribution in [0.3, 0.4) is 0 Å². The summed E-state index contributed by atoms with van der Waals surface area (Å²) >= 11 is 0. The van der Waals surface area contributed by atoms with Crippen LogP contribution in [-0.2, 0) is 22.7 Å². The Morgan fingerprint density at radius 2 is 1.86 bits per heavy atom. The number of benzene rings is 2. The molecule has 0 aliphatic rings. The first-order valence-corrected chi connectivity index (χ1v) is 12.0. The molecule has 1 N–H and O–H groups in total. The van der Waals surface area contributed by atoms with E-state index >= 15 is 0 Å². The fourth-order valence-corrected chi connectivity index (χ4v) is 3.96. The van der Waals surface area contributed by atoms with Gasteiger partial charge in [0.25, 0.3) is 5.91 Å². The fourth-order valence-electron chi connectivity index (χ4n) is 3.96. The Labute approximate surface area is 210 Å². The largest absolute Gasteiger partial charge is 0.497 e. The Kier molecular flexibility index (Phi) is 7.99. The van der Waals surface area contributed by atoms with Crippen LogP contribution in [0, 0.1) is 5.92 Å². The number of nitrogens with zero attached hydrogens (tertiary/aromatic N) is 4. The zero-order chi connectivity index (χ0) is 25.5. The van der Waals surface area contributed by atoms with Crippen molar-refractivity contribution in [3.63, 3.8) is 0 Å². The number of rotatable bonds is 11. The highest BCUT2D eigenvalue weighted by molar-refractivity contribution is 5.88. The number of hydrogen-bond acceptors (Lipinski definition) is 6. The molecule has 4 rings (SSSR count). The van der Waals surface area contributed by atoms with Crippen LogP contribution in [0.1, 0.15) is 37.6 Å². The van der Waals surface area contributed by atoms with Crippen molar-refractivity contribution in [3.8, 4) is 5.75 Å². The standard InChI is InChI=1S/C27H31N5O4/c1-19(2)14-15-28-27(34)26(24-9-6-16-36-24)31(17-20-10-12-21(35-3)13-11-20)25(33)18-32-23-8-5-4-7-22(23)29-30-32/h4-13,16,19,26H,14-15,17-18H2,1-3H3,(H,28,34)/t26-/m1/s1. The summed E-state index contributed by atoms with van der Waals surface area (Å²) in [6, 6.07) is 17.3. The average molecular weight is 490 g/mol. The molecule has 2 aromatic heterocycles. The molecule has 0 fully saturated rings. The highest BCUT2D eigenvalue weighted by Crippen LogP contribution is 2.26. The number of hydrogen-bond donors (Lipinski definition) is 1. The summed E-state index contributed by atoms with van der Waals surface area (Å²) in [6.45, 7) is 4.81. The Morgan fingerprint density at radius 3 is 2.56 bits per heavy atom. The monoisotopic (exact) mass is 489 g/mol. The lowest BCUT2D eigenvalue weighted by Gasteiger charge is -2.30. The maximum Gasteiger partial charge on any atom is 0.250 e. The molecule has 0 saturated carbocycles. The Balaban J connectivity index is 1.66. The van der Waals surface area contributed by atoms with Gasteiger partial charge in [-0.3, -0.25) is 9.59 Å². The number of nitrogens with one attached hydrogen (secondary N) is 1. The van der Waals surface area contributed by atoms with Crippen molar-refractivity contribution in [1.29, 1.82) is 0 Å². The third-order valence-electron chi connectivity index (χ3n) is 5.93. The molecule has 2 aromatic carbocycles. The molecule has 0 saturated heterocycles. The van der Waals surface area contributed by atoms with E-state index in [2.05, 4.69) is 29.5 Å². The molecule has 0 aliphatic carbocycles. The lowest BCUT2D eigenvalue weighted by Crippen LogP contribution is -2.44. The summed E-state index contributed by atoms with van der Waals surface area (Å²) in [7, 11) is 1.60. The minimum atomic E-state index is -0.948. The maximum absolute atomic E-state index is 13.8. The number of furan rings is 1. The smallest absolute Gasteiger partial charge is 0.250 e. The second kappa shape index (κ2) is 11.5. The van der Waals surface area contributed by atoms with Crippen LogP contribution in [0.5, 0.6) is 5.75 Å². The van der Waals surface area contributed by atoms with Gasteiger partial charge in [0.15, 0.2) is 6.04 Å². The molecule has 0 spiro atoms. The van der Waals surface area contributed by atoms with Crippen molar-refractivity contribution in [3.05, 3.63) is 78.3 Å². The molecule has 188 valence electrons. The molecule has 0 unspecified atom stereocenters. The van der Waals surface area contributed by atoms with E-state index in [1.807, 2.05) is 48.5 Å². The van der Waals surface area contributed by atoms with Gasteiger partial charge in [-0.1, -0.05) is 43.3 Å². The van der Waals surface area contributed by atoms with Gasteiger partial charge in [-0.2, -0.15) is 0 Å². The van der Waals surface area contributed by atoms with Crippen molar-refractivity contribution >= 4 is 22.8 Å². The summed E-state index contributed by atoms with van der Waals surface area (Å²) in [4.78, 5) is 28.8. The zero-order valence-electron chi connectivity index (χ0n) is 20.8. The van der Waals surface area contributed by atoms with E-state index in [1.165, 1.54) is 11.2 Å². The van der Waals surface area contributed by atoms with Crippen molar-refractivity contribution in [2.24, 2.45) is 5.92 Å². The first-order chi connectivity index (χ1) is 17.5. The van der Waals surface area contributed by atoms with E-state index in [9.17, 15) is 9.59 Å². The molecule has 2 amide bonds. The highest BCUT2D eigenvalue weighted by atomic mass is 16.5. The number of methoxy groups -OCH3 is 1. The van der Waals surface area contributed by atoms with Crippen LogP contribution in [0.25, 0.3) is 11.0 Å². The lowest BCUT2D eigenvalue weighted by atomic mass is 10.1. The van der Waals surface area contributed by atoms with Crippen molar-refractivity contribution in [1.82, 2.24) is 25.2 Å². The summed E-state index contributed by atoms with van der Waals surface area (Å²) in [5, 5.41) is 11.3. The minimum Gasteiger partial charge on any atom is -0.497 e. The average Bonchev–Trinajstić information content (AvgIpc) is 3.54. The molecular formula is C27H31N5O4. The molecule has 36 heavy (non-hydrogen) atoms. The van der Waals surface area contributed by atoms with Crippen molar-refractivity contribution in [2.75, 3.05) is 13.7 Å². The molecule has 0 radical (unpaired) electrons. The van der Waals surface area contributed by atoms with E-state index in [1.54, 1.807) is 23.9 Å². The Hall–Kier alpha value is -4.14. The van der Waals surface area contributed by atoms with Crippen LogP contribution in [0.4, 0.5) is 0 Å². The van der Waals surface area contributed by atoms with Crippen LogP contribution in [0.2, 0.25) is 0 Å². The summed E-state index contributed by atoms with van der Waals surface area (Å²) in [5.41, 5.74) is 2.28. The molecule has 1 atom stereocenters. The van der Waals surface area contributed by atoms with Gasteiger partial charge in [0.05, 0.1) is 18.9 Å².